The van der Waals surface area contributed by atoms with E-state index in [0.29, 0.717) is 12.5 Å². The van der Waals surface area contributed by atoms with E-state index in [1.807, 2.05) is 0 Å². The highest BCUT2D eigenvalue weighted by atomic mass is 16.3. The molecule has 1 aromatic rings. The Hall–Kier alpha value is -1.20. The molecule has 1 aliphatic rings. The van der Waals surface area contributed by atoms with Crippen LogP contribution in [0, 0.1) is 0 Å². The van der Waals surface area contributed by atoms with Gasteiger partial charge in [0.1, 0.15) is 0 Å². The van der Waals surface area contributed by atoms with Crippen LogP contribution in [0.5, 0.6) is 0 Å². The van der Waals surface area contributed by atoms with Gasteiger partial charge in [-0.3, -0.25) is 4.90 Å². The predicted octanol–water partition coefficient (Wildman–Crippen LogP) is -0.633. The third-order valence-corrected chi connectivity index (χ3v) is 2.16. The van der Waals surface area contributed by atoms with Gasteiger partial charge in [-0.1, -0.05) is 0 Å². The number of nitrogens with zero attached hydrogens (tertiary/aromatic N) is 3. The molecule has 1 aliphatic heterocycles. The third-order valence-electron chi connectivity index (χ3n) is 2.16. The van der Waals surface area contributed by atoms with Crippen LogP contribution in [0.4, 0.5) is 5.95 Å². The van der Waals surface area contributed by atoms with Crippen LogP contribution in [0.15, 0.2) is 6.20 Å². The molecule has 0 bridgehead atoms. The first kappa shape index (κ1) is 8.40. The van der Waals surface area contributed by atoms with Crippen molar-refractivity contribution in [2.45, 2.75) is 13.1 Å². The lowest BCUT2D eigenvalue weighted by Gasteiger charge is -2.10. The van der Waals surface area contributed by atoms with Gasteiger partial charge in [0, 0.05) is 31.4 Å². The van der Waals surface area contributed by atoms with Crippen molar-refractivity contribution in [3.8, 4) is 0 Å². The zero-order valence-corrected chi connectivity index (χ0v) is 7.27. The Kier molecular flexibility index (Phi) is 2.12. The number of fused-ring (bicyclic) bond motifs is 1. The molecule has 0 unspecified atom stereocenters. The summed E-state index contributed by atoms with van der Waals surface area (Å²) in [6, 6.07) is 0. The summed E-state index contributed by atoms with van der Waals surface area (Å²) in [5.41, 5.74) is 7.56. The van der Waals surface area contributed by atoms with Crippen LogP contribution in [0.2, 0.25) is 0 Å². The molecule has 70 valence electrons. The van der Waals surface area contributed by atoms with Crippen molar-refractivity contribution in [2.75, 3.05) is 18.9 Å². The van der Waals surface area contributed by atoms with E-state index >= 15 is 0 Å². The molecule has 0 radical (unpaired) electrons. The summed E-state index contributed by atoms with van der Waals surface area (Å²) in [4.78, 5) is 10.2. The molecule has 0 fully saturated rings. The molecular formula is C8H12N4O. The van der Waals surface area contributed by atoms with Gasteiger partial charge in [0.25, 0.3) is 0 Å². The molecule has 13 heavy (non-hydrogen) atoms. The average molecular weight is 180 g/mol. The predicted molar refractivity (Wildman–Crippen MR) is 47.6 cm³/mol. The molecule has 3 N–H and O–H groups in total. The maximum absolute atomic E-state index is 8.76. The molecule has 0 saturated heterocycles. The lowest BCUT2D eigenvalue weighted by molar-refractivity contribution is 0.197. The molecule has 2 heterocycles. The molecule has 0 amide bonds. The number of hydrogen-bond acceptors (Lipinski definition) is 5. The Bertz CT molecular complexity index is 315. The summed E-state index contributed by atoms with van der Waals surface area (Å²) < 4.78 is 0. The average Bonchev–Trinajstić information content (AvgIpc) is 2.46. The fourth-order valence-electron chi connectivity index (χ4n) is 1.53. The molecule has 0 saturated carbocycles. The monoisotopic (exact) mass is 180 g/mol. The van der Waals surface area contributed by atoms with Gasteiger partial charge in [0.05, 0.1) is 12.3 Å². The lowest BCUT2D eigenvalue weighted by atomic mass is 10.3. The maximum Gasteiger partial charge on any atom is 0.220 e. The number of β-amino-alcohol motifs (C(OH)–C–C–N with tert-alkyl or cyclic N) is 1. The van der Waals surface area contributed by atoms with Gasteiger partial charge < -0.3 is 10.8 Å². The molecule has 5 heteroatoms. The number of hydrogen-bond donors (Lipinski definition) is 2. The van der Waals surface area contributed by atoms with Crippen LogP contribution >= 0.6 is 0 Å². The Morgan fingerprint density at radius 2 is 2.38 bits per heavy atom. The number of aromatic nitrogens is 2. The summed E-state index contributed by atoms with van der Waals surface area (Å²) >= 11 is 0. The number of nitrogen functional groups attached to an aromatic ring is 1. The van der Waals surface area contributed by atoms with E-state index in [0.717, 1.165) is 24.3 Å². The van der Waals surface area contributed by atoms with Crippen LogP contribution in [-0.2, 0) is 13.1 Å². The summed E-state index contributed by atoms with van der Waals surface area (Å²) in [5.74, 6) is 0.324. The normalized spacial score (nSPS) is 16.1. The van der Waals surface area contributed by atoms with Gasteiger partial charge in [-0.25, -0.2) is 9.97 Å². The summed E-state index contributed by atoms with van der Waals surface area (Å²) in [6.07, 6.45) is 1.76. The first-order chi connectivity index (χ1) is 6.29. The first-order valence-electron chi connectivity index (χ1n) is 4.23. The molecule has 1 aromatic heterocycles. The molecule has 0 aromatic carbocycles. The maximum atomic E-state index is 8.76. The number of aliphatic hydroxyl groups excluding tert-OH is 1. The van der Waals surface area contributed by atoms with Crippen molar-refractivity contribution in [1.29, 1.82) is 0 Å². The Labute approximate surface area is 76.2 Å². The lowest BCUT2D eigenvalue weighted by Crippen LogP contribution is -2.20. The topological polar surface area (TPSA) is 75.3 Å². The van der Waals surface area contributed by atoms with E-state index < -0.39 is 0 Å². The second-order valence-corrected chi connectivity index (χ2v) is 3.13. The van der Waals surface area contributed by atoms with E-state index in [4.69, 9.17) is 10.8 Å². The third kappa shape index (κ3) is 1.61. The van der Waals surface area contributed by atoms with E-state index in [-0.39, 0.29) is 6.61 Å². The van der Waals surface area contributed by atoms with Crippen molar-refractivity contribution in [3.63, 3.8) is 0 Å². The highest BCUT2D eigenvalue weighted by Crippen LogP contribution is 2.19. The van der Waals surface area contributed by atoms with Crippen LogP contribution in [0.25, 0.3) is 0 Å². The van der Waals surface area contributed by atoms with Gasteiger partial charge in [0.2, 0.25) is 5.95 Å². The standard InChI is InChI=1S/C8H12N4O/c9-8-10-3-6-4-12(1-2-13)5-7(6)11-8/h3,13H,1-2,4-5H2,(H2,9,10,11). The van der Waals surface area contributed by atoms with E-state index in [2.05, 4.69) is 14.9 Å². The minimum atomic E-state index is 0.177. The summed E-state index contributed by atoms with van der Waals surface area (Å²) in [5, 5.41) is 8.76. The first-order valence-corrected chi connectivity index (χ1v) is 4.23. The highest BCUT2D eigenvalue weighted by molar-refractivity contribution is 5.27. The van der Waals surface area contributed by atoms with Crippen LogP contribution in [0.3, 0.4) is 0 Å². The van der Waals surface area contributed by atoms with Crippen molar-refractivity contribution >= 4 is 5.95 Å². The molecule has 0 spiro atoms. The van der Waals surface area contributed by atoms with E-state index in [1.54, 1.807) is 6.20 Å². The van der Waals surface area contributed by atoms with Crippen molar-refractivity contribution in [1.82, 2.24) is 14.9 Å². The fourth-order valence-corrected chi connectivity index (χ4v) is 1.53. The highest BCUT2D eigenvalue weighted by Gasteiger charge is 2.19. The van der Waals surface area contributed by atoms with Gasteiger partial charge in [-0.2, -0.15) is 0 Å². The van der Waals surface area contributed by atoms with Gasteiger partial charge in [0.15, 0.2) is 0 Å². The van der Waals surface area contributed by atoms with Gasteiger partial charge in [-0.05, 0) is 0 Å². The number of rotatable bonds is 2. The summed E-state index contributed by atoms with van der Waals surface area (Å²) in [6.45, 7) is 2.44. The van der Waals surface area contributed by atoms with Crippen LogP contribution in [-0.4, -0.2) is 33.1 Å². The number of aliphatic hydroxyl groups is 1. The summed E-state index contributed by atoms with van der Waals surface area (Å²) in [7, 11) is 0. The minimum Gasteiger partial charge on any atom is -0.395 e. The number of nitrogens with two attached hydrogens (primary N) is 1. The second kappa shape index (κ2) is 3.27. The zero-order chi connectivity index (χ0) is 9.26. The second-order valence-electron chi connectivity index (χ2n) is 3.13. The quantitative estimate of drug-likeness (QED) is 0.633. The Balaban J connectivity index is 2.16. The fraction of sp³-hybridized carbons (Fsp3) is 0.500. The number of anilines is 1. The Morgan fingerprint density at radius 1 is 1.54 bits per heavy atom. The molecular weight excluding hydrogens is 168 g/mol. The SMILES string of the molecule is Nc1ncc2c(n1)CN(CCO)C2. The van der Waals surface area contributed by atoms with Gasteiger partial charge >= 0.3 is 0 Å². The van der Waals surface area contributed by atoms with Crippen molar-refractivity contribution in [3.05, 3.63) is 17.5 Å². The molecule has 5 nitrogen and oxygen atoms in total. The Morgan fingerprint density at radius 3 is 3.15 bits per heavy atom. The van der Waals surface area contributed by atoms with Crippen molar-refractivity contribution in [2.24, 2.45) is 0 Å². The molecule has 0 atom stereocenters. The van der Waals surface area contributed by atoms with E-state index in [1.165, 1.54) is 0 Å². The minimum absolute atomic E-state index is 0.177. The smallest absolute Gasteiger partial charge is 0.220 e. The molecule has 0 aliphatic carbocycles. The van der Waals surface area contributed by atoms with Crippen molar-refractivity contribution < 1.29 is 5.11 Å². The van der Waals surface area contributed by atoms with Crippen LogP contribution < -0.4 is 5.73 Å². The van der Waals surface area contributed by atoms with E-state index in [9.17, 15) is 0 Å². The van der Waals surface area contributed by atoms with Crippen LogP contribution in [0.1, 0.15) is 11.3 Å². The van der Waals surface area contributed by atoms with Gasteiger partial charge in [-0.15, -0.1) is 0 Å². The molecule has 2 rings (SSSR count). The largest absolute Gasteiger partial charge is 0.395 e. The zero-order valence-electron chi connectivity index (χ0n) is 7.27.